The molecule has 0 saturated heterocycles. The predicted molar refractivity (Wildman–Crippen MR) is 72.5 cm³/mol. The van der Waals surface area contributed by atoms with Crippen molar-refractivity contribution in [3.05, 3.63) is 0 Å². The summed E-state index contributed by atoms with van der Waals surface area (Å²) in [5, 5.41) is 15.2. The molecule has 1 aliphatic carbocycles. The van der Waals surface area contributed by atoms with Crippen LogP contribution in [0.25, 0.3) is 0 Å². The van der Waals surface area contributed by atoms with E-state index in [2.05, 4.69) is 4.74 Å². The van der Waals surface area contributed by atoms with Gasteiger partial charge in [-0.3, -0.25) is 4.79 Å². The normalized spacial score (nSPS) is 10.6. The van der Waals surface area contributed by atoms with Crippen molar-refractivity contribution in [2.75, 3.05) is 33.0 Å². The zero-order valence-electron chi connectivity index (χ0n) is 12.3. The summed E-state index contributed by atoms with van der Waals surface area (Å²) in [6.45, 7) is 9.07. The van der Waals surface area contributed by atoms with E-state index in [4.69, 9.17) is 14.9 Å². The van der Waals surface area contributed by atoms with E-state index in [0.717, 1.165) is 13.2 Å². The molecule has 1 saturated carbocycles. The summed E-state index contributed by atoms with van der Waals surface area (Å²) < 4.78 is 9.24. The molecule has 0 bridgehead atoms. The molecule has 0 aliphatic heterocycles. The average molecular weight is 266 g/mol. The minimum absolute atomic E-state index is 0.125. The lowest BCUT2D eigenvalue weighted by Gasteiger charge is -1.89. The van der Waals surface area contributed by atoms with Gasteiger partial charge in [0.15, 0.2) is 0 Å². The Balaban J connectivity index is -0.000000171. The lowest BCUT2D eigenvalue weighted by molar-refractivity contribution is -0.140. The molecule has 0 aromatic carbocycles. The van der Waals surface area contributed by atoms with E-state index in [1.165, 1.54) is 26.2 Å². The number of ether oxygens (including phenoxy) is 2. The molecule has 0 atom stereocenters. The second kappa shape index (κ2) is 25.3. The van der Waals surface area contributed by atoms with Crippen LogP contribution in [0, 0.1) is 0 Å². The molecule has 0 amide bonds. The Morgan fingerprint density at radius 1 is 0.944 bits per heavy atom. The van der Waals surface area contributed by atoms with Gasteiger partial charge >= 0.3 is 5.97 Å². The third-order valence-corrected chi connectivity index (χ3v) is 1.21. The quantitative estimate of drug-likeness (QED) is 0.758. The van der Waals surface area contributed by atoms with Crippen LogP contribution in [0.15, 0.2) is 0 Å². The van der Waals surface area contributed by atoms with E-state index in [1.54, 1.807) is 6.92 Å². The molecular weight excluding hydrogens is 236 g/mol. The number of hydrogen-bond acceptors (Lipinski definition) is 5. The third-order valence-electron chi connectivity index (χ3n) is 1.21. The highest BCUT2D eigenvalue weighted by molar-refractivity contribution is 5.65. The fourth-order valence-electron chi connectivity index (χ4n) is 0.407. The number of carbonyl (C=O) groups excluding carboxylic acids is 1. The van der Waals surface area contributed by atoms with Gasteiger partial charge in [-0.15, -0.1) is 0 Å². The minimum atomic E-state index is -0.211. The first kappa shape index (κ1) is 22.5. The van der Waals surface area contributed by atoms with Crippen LogP contribution in [0.2, 0.25) is 0 Å². The summed E-state index contributed by atoms with van der Waals surface area (Å²) in [6.07, 6.45) is 4.50. The summed E-state index contributed by atoms with van der Waals surface area (Å²) in [5.41, 5.74) is 0. The van der Waals surface area contributed by atoms with Crippen molar-refractivity contribution in [1.82, 2.24) is 0 Å². The molecule has 2 N–H and O–H groups in total. The monoisotopic (exact) mass is 266 g/mol. The first-order chi connectivity index (χ1) is 8.60. The van der Waals surface area contributed by atoms with Crippen LogP contribution >= 0.6 is 0 Å². The molecule has 1 fully saturated rings. The first-order valence-electron chi connectivity index (χ1n) is 6.53. The Hall–Kier alpha value is -0.650. The Labute approximate surface area is 111 Å². The zero-order chi connectivity index (χ0) is 14.6. The van der Waals surface area contributed by atoms with Crippen LogP contribution in [0.4, 0.5) is 0 Å². The summed E-state index contributed by atoms with van der Waals surface area (Å²) in [5.74, 6) is -0.211. The Bertz CT molecular complexity index is 131. The van der Waals surface area contributed by atoms with Crippen LogP contribution < -0.4 is 0 Å². The van der Waals surface area contributed by atoms with Gasteiger partial charge in [-0.2, -0.15) is 0 Å². The van der Waals surface area contributed by atoms with Crippen molar-refractivity contribution in [2.24, 2.45) is 0 Å². The third kappa shape index (κ3) is 78.4. The second-order valence-corrected chi connectivity index (χ2v) is 3.21. The molecule has 5 nitrogen and oxygen atoms in total. The van der Waals surface area contributed by atoms with Gasteiger partial charge < -0.3 is 19.7 Å². The van der Waals surface area contributed by atoms with Crippen LogP contribution in [0.5, 0.6) is 0 Å². The number of rotatable bonds is 4. The molecule has 1 rings (SSSR count). The van der Waals surface area contributed by atoms with Gasteiger partial charge in [0.2, 0.25) is 0 Å². The zero-order valence-corrected chi connectivity index (χ0v) is 12.3. The lowest BCUT2D eigenvalue weighted by atomic mass is 10.8. The minimum Gasteiger partial charge on any atom is -0.466 e. The number of esters is 1. The van der Waals surface area contributed by atoms with Crippen LogP contribution in [-0.4, -0.2) is 49.2 Å². The van der Waals surface area contributed by atoms with Crippen molar-refractivity contribution < 1.29 is 24.5 Å². The standard InChI is InChI=1S/C4H8O2.C4H10O.C3H6.C2H6O2/c1-3-6-4(2)5;1-3-5-4-2;1-2-3-1;3-1-2-4/h3H2,1-2H3;3-4H2,1-2H3;1-3H2;3-4H,1-2H2. The molecule has 1 aliphatic rings. The smallest absolute Gasteiger partial charge is 0.302 e. The highest BCUT2D eigenvalue weighted by Gasteiger charge is 1.95. The summed E-state index contributed by atoms with van der Waals surface area (Å²) in [7, 11) is 0. The molecular formula is C13H30O5. The van der Waals surface area contributed by atoms with E-state index in [1.807, 2.05) is 13.8 Å². The Morgan fingerprint density at radius 3 is 1.33 bits per heavy atom. The van der Waals surface area contributed by atoms with E-state index < -0.39 is 0 Å². The molecule has 18 heavy (non-hydrogen) atoms. The van der Waals surface area contributed by atoms with Gasteiger partial charge in [-0.1, -0.05) is 19.3 Å². The molecule has 0 spiro atoms. The average Bonchev–Trinajstić information content (AvgIpc) is 3.19. The Kier molecular flexibility index (Phi) is 31.6. The van der Waals surface area contributed by atoms with E-state index in [0.29, 0.717) is 6.61 Å². The van der Waals surface area contributed by atoms with E-state index in [9.17, 15) is 4.79 Å². The fourth-order valence-corrected chi connectivity index (χ4v) is 0.407. The molecule has 112 valence electrons. The number of hydrogen-bond donors (Lipinski definition) is 2. The molecule has 0 aromatic rings. The number of carbonyl (C=O) groups is 1. The molecule has 5 heteroatoms. The SMILES string of the molecule is C1CC1.CCOC(C)=O.CCOCC.OCCO. The van der Waals surface area contributed by atoms with Gasteiger partial charge in [0, 0.05) is 20.1 Å². The Morgan fingerprint density at radius 2 is 1.33 bits per heavy atom. The van der Waals surface area contributed by atoms with Gasteiger partial charge in [-0.25, -0.2) is 0 Å². The van der Waals surface area contributed by atoms with Crippen LogP contribution in [0.1, 0.15) is 47.0 Å². The van der Waals surface area contributed by atoms with Gasteiger partial charge in [0.1, 0.15) is 0 Å². The lowest BCUT2D eigenvalue weighted by Crippen LogP contribution is -1.95. The number of aliphatic hydroxyl groups is 2. The predicted octanol–water partition coefficient (Wildman–Crippen LogP) is 1.75. The molecule has 0 heterocycles. The summed E-state index contributed by atoms with van der Waals surface area (Å²) in [4.78, 5) is 9.82. The van der Waals surface area contributed by atoms with Crippen molar-refractivity contribution in [2.45, 2.75) is 47.0 Å². The van der Waals surface area contributed by atoms with Crippen molar-refractivity contribution in [1.29, 1.82) is 0 Å². The van der Waals surface area contributed by atoms with Crippen LogP contribution in [-0.2, 0) is 14.3 Å². The fraction of sp³-hybridized carbons (Fsp3) is 0.923. The first-order valence-corrected chi connectivity index (χ1v) is 6.53. The van der Waals surface area contributed by atoms with Crippen LogP contribution in [0.3, 0.4) is 0 Å². The van der Waals surface area contributed by atoms with Crippen molar-refractivity contribution in [3.8, 4) is 0 Å². The van der Waals surface area contributed by atoms with E-state index >= 15 is 0 Å². The van der Waals surface area contributed by atoms with Crippen molar-refractivity contribution in [3.63, 3.8) is 0 Å². The van der Waals surface area contributed by atoms with E-state index in [-0.39, 0.29) is 19.2 Å². The van der Waals surface area contributed by atoms with Gasteiger partial charge in [0.05, 0.1) is 19.8 Å². The molecule has 0 unspecified atom stereocenters. The van der Waals surface area contributed by atoms with Gasteiger partial charge in [0.25, 0.3) is 0 Å². The van der Waals surface area contributed by atoms with Crippen molar-refractivity contribution >= 4 is 5.97 Å². The maximum atomic E-state index is 9.82. The largest absolute Gasteiger partial charge is 0.466 e. The van der Waals surface area contributed by atoms with Gasteiger partial charge in [-0.05, 0) is 20.8 Å². The highest BCUT2D eigenvalue weighted by atomic mass is 16.5. The second-order valence-electron chi connectivity index (χ2n) is 3.21. The summed E-state index contributed by atoms with van der Waals surface area (Å²) in [6, 6.07) is 0. The summed E-state index contributed by atoms with van der Waals surface area (Å²) >= 11 is 0. The molecule has 0 radical (unpaired) electrons. The number of aliphatic hydroxyl groups excluding tert-OH is 2. The maximum absolute atomic E-state index is 9.82. The highest BCUT2D eigenvalue weighted by Crippen LogP contribution is 2.14. The maximum Gasteiger partial charge on any atom is 0.302 e. The molecule has 0 aromatic heterocycles. The topological polar surface area (TPSA) is 76.0 Å².